The van der Waals surface area contributed by atoms with Gasteiger partial charge in [0.2, 0.25) is 10.0 Å². The minimum absolute atomic E-state index is 0.0442. The zero-order valence-electron chi connectivity index (χ0n) is 10.7. The molecule has 6 nitrogen and oxygen atoms in total. The summed E-state index contributed by atoms with van der Waals surface area (Å²) in [6.07, 6.45) is 0. The topological polar surface area (TPSA) is 102 Å². The van der Waals surface area contributed by atoms with E-state index in [1.807, 2.05) is 6.92 Å². The Morgan fingerprint density at radius 1 is 1.35 bits per heavy atom. The molecule has 0 spiro atoms. The van der Waals surface area contributed by atoms with Crippen molar-refractivity contribution in [2.24, 2.45) is 5.14 Å². The Hall–Kier alpha value is -1.77. The summed E-state index contributed by atoms with van der Waals surface area (Å²) in [6, 6.07) is 7.73. The second-order valence-corrected chi connectivity index (χ2v) is 6.76. The fourth-order valence-electron chi connectivity index (χ4n) is 1.54. The molecule has 2 aromatic rings. The Morgan fingerprint density at radius 3 is 2.50 bits per heavy atom. The minimum Gasteiger partial charge on any atom is -0.347 e. The molecular weight excluding hydrogens is 298 g/mol. The summed E-state index contributed by atoms with van der Waals surface area (Å²) in [7, 11) is -3.69. The molecule has 0 bridgehead atoms. The van der Waals surface area contributed by atoms with E-state index < -0.39 is 10.0 Å². The first-order valence-corrected chi connectivity index (χ1v) is 8.01. The lowest BCUT2D eigenvalue weighted by Gasteiger charge is -2.04. The molecule has 0 atom stereocenters. The summed E-state index contributed by atoms with van der Waals surface area (Å²) in [5.41, 5.74) is 1.16. The normalized spacial score (nSPS) is 11.3. The number of carbonyl (C=O) groups excluding carboxylic acids is 1. The number of benzene rings is 1. The average molecular weight is 311 g/mol. The smallest absolute Gasteiger partial charge is 0.271 e. The van der Waals surface area contributed by atoms with E-state index in [2.05, 4.69) is 9.69 Å². The Labute approximate surface area is 120 Å². The molecule has 1 aromatic heterocycles. The van der Waals surface area contributed by atoms with Crippen LogP contribution >= 0.6 is 11.5 Å². The van der Waals surface area contributed by atoms with Crippen molar-refractivity contribution < 1.29 is 13.2 Å². The maximum atomic E-state index is 11.8. The number of aryl methyl sites for hydroxylation is 1. The van der Waals surface area contributed by atoms with Gasteiger partial charge in [-0.2, -0.15) is 4.37 Å². The lowest BCUT2D eigenvalue weighted by Crippen LogP contribution is -2.23. The molecule has 1 heterocycles. The molecule has 0 saturated heterocycles. The summed E-state index contributed by atoms with van der Waals surface area (Å²) in [4.78, 5) is 12.8. The number of hydrogen-bond donors (Lipinski definition) is 2. The Kier molecular flexibility index (Phi) is 4.17. The molecule has 0 aliphatic carbocycles. The van der Waals surface area contributed by atoms with Crippen LogP contribution in [0.5, 0.6) is 0 Å². The monoisotopic (exact) mass is 311 g/mol. The number of aromatic nitrogens is 1. The third-order valence-electron chi connectivity index (χ3n) is 2.57. The molecule has 0 radical (unpaired) electrons. The molecule has 2 rings (SSSR count). The van der Waals surface area contributed by atoms with E-state index in [-0.39, 0.29) is 10.8 Å². The molecule has 1 amide bonds. The third-order valence-corrected chi connectivity index (χ3v) is 4.19. The van der Waals surface area contributed by atoms with E-state index in [0.29, 0.717) is 12.2 Å². The van der Waals surface area contributed by atoms with Crippen LogP contribution in [0.1, 0.15) is 20.9 Å². The average Bonchev–Trinajstić information content (AvgIpc) is 2.82. The predicted octanol–water partition coefficient (Wildman–Crippen LogP) is 1.03. The zero-order chi connectivity index (χ0) is 14.8. The zero-order valence-corrected chi connectivity index (χ0v) is 12.3. The highest BCUT2D eigenvalue weighted by Gasteiger charge is 2.10. The van der Waals surface area contributed by atoms with Crippen molar-refractivity contribution in [2.75, 3.05) is 0 Å². The second-order valence-electron chi connectivity index (χ2n) is 4.19. The fourth-order valence-corrected chi connectivity index (χ4v) is 2.60. The Bertz CT molecular complexity index is 721. The first-order chi connectivity index (χ1) is 9.36. The van der Waals surface area contributed by atoms with Gasteiger partial charge < -0.3 is 5.32 Å². The molecule has 1 aromatic carbocycles. The molecule has 0 saturated carbocycles. The maximum Gasteiger partial charge on any atom is 0.271 e. The number of amides is 1. The highest BCUT2D eigenvalue weighted by atomic mass is 32.2. The minimum atomic E-state index is -3.69. The van der Waals surface area contributed by atoms with E-state index in [9.17, 15) is 13.2 Å². The molecule has 0 aliphatic heterocycles. The number of primary sulfonamides is 1. The van der Waals surface area contributed by atoms with Gasteiger partial charge in [-0.3, -0.25) is 4.79 Å². The molecule has 0 aliphatic rings. The van der Waals surface area contributed by atoms with Gasteiger partial charge in [0.05, 0.1) is 4.90 Å². The fraction of sp³-hybridized carbons (Fsp3) is 0.167. The van der Waals surface area contributed by atoms with Gasteiger partial charge in [0.1, 0.15) is 5.69 Å². The molecule has 20 heavy (non-hydrogen) atoms. The summed E-state index contributed by atoms with van der Waals surface area (Å²) in [5.74, 6) is -0.259. The largest absolute Gasteiger partial charge is 0.347 e. The third kappa shape index (κ3) is 3.62. The number of sulfonamides is 1. The van der Waals surface area contributed by atoms with Crippen LogP contribution < -0.4 is 10.5 Å². The van der Waals surface area contributed by atoms with Gasteiger partial charge >= 0.3 is 0 Å². The molecule has 3 N–H and O–H groups in total. The summed E-state index contributed by atoms with van der Waals surface area (Å²) >= 11 is 1.27. The van der Waals surface area contributed by atoms with E-state index in [0.717, 1.165) is 10.4 Å². The molecule has 0 unspecified atom stereocenters. The van der Waals surface area contributed by atoms with Gasteiger partial charge in [0.15, 0.2) is 0 Å². The Balaban J connectivity index is 1.99. The lowest BCUT2D eigenvalue weighted by molar-refractivity contribution is 0.0947. The summed E-state index contributed by atoms with van der Waals surface area (Å²) in [5, 5.41) is 7.71. The number of carbonyl (C=O) groups is 1. The van der Waals surface area contributed by atoms with Gasteiger partial charge in [0, 0.05) is 11.4 Å². The molecule has 0 fully saturated rings. The van der Waals surface area contributed by atoms with Crippen molar-refractivity contribution in [1.82, 2.24) is 9.69 Å². The van der Waals surface area contributed by atoms with Crippen LogP contribution in [-0.2, 0) is 16.6 Å². The van der Waals surface area contributed by atoms with Crippen LogP contribution in [0.25, 0.3) is 0 Å². The van der Waals surface area contributed by atoms with Crippen molar-refractivity contribution in [3.63, 3.8) is 0 Å². The van der Waals surface area contributed by atoms with Crippen LogP contribution in [0.2, 0.25) is 0 Å². The molecule has 8 heteroatoms. The highest BCUT2D eigenvalue weighted by molar-refractivity contribution is 7.89. The highest BCUT2D eigenvalue weighted by Crippen LogP contribution is 2.10. The predicted molar refractivity (Wildman–Crippen MR) is 75.8 cm³/mol. The maximum absolute atomic E-state index is 11.8. The SMILES string of the molecule is Cc1cc(C(=O)NCc2ccc(S(N)(=O)=O)cc2)ns1. The summed E-state index contributed by atoms with van der Waals surface area (Å²) < 4.78 is 26.2. The summed E-state index contributed by atoms with van der Waals surface area (Å²) in [6.45, 7) is 2.17. The number of hydrogen-bond acceptors (Lipinski definition) is 5. The van der Waals surface area contributed by atoms with Gasteiger partial charge in [-0.1, -0.05) is 12.1 Å². The van der Waals surface area contributed by atoms with Crippen molar-refractivity contribution in [1.29, 1.82) is 0 Å². The van der Waals surface area contributed by atoms with Crippen molar-refractivity contribution >= 4 is 27.5 Å². The van der Waals surface area contributed by atoms with Crippen LogP contribution in [0.3, 0.4) is 0 Å². The van der Waals surface area contributed by atoms with Crippen molar-refractivity contribution in [3.8, 4) is 0 Å². The number of rotatable bonds is 4. The van der Waals surface area contributed by atoms with Crippen LogP contribution in [0, 0.1) is 6.92 Å². The van der Waals surface area contributed by atoms with Gasteiger partial charge in [-0.05, 0) is 42.2 Å². The van der Waals surface area contributed by atoms with Gasteiger partial charge in [-0.25, -0.2) is 13.6 Å². The molecular formula is C12H13N3O3S2. The van der Waals surface area contributed by atoms with Gasteiger partial charge in [0.25, 0.3) is 5.91 Å². The van der Waals surface area contributed by atoms with Crippen LogP contribution in [-0.4, -0.2) is 18.7 Å². The standard InChI is InChI=1S/C12H13N3O3S2/c1-8-6-11(15-19-8)12(16)14-7-9-2-4-10(5-3-9)20(13,17)18/h2-6H,7H2,1H3,(H,14,16)(H2,13,17,18). The first kappa shape index (κ1) is 14.6. The number of nitrogens with zero attached hydrogens (tertiary/aromatic N) is 1. The Morgan fingerprint density at radius 2 is 2.00 bits per heavy atom. The number of nitrogens with one attached hydrogen (secondary N) is 1. The van der Waals surface area contributed by atoms with Gasteiger partial charge in [-0.15, -0.1) is 0 Å². The second kappa shape index (κ2) is 5.70. The van der Waals surface area contributed by atoms with E-state index in [4.69, 9.17) is 5.14 Å². The van der Waals surface area contributed by atoms with Crippen molar-refractivity contribution in [3.05, 3.63) is 46.5 Å². The lowest BCUT2D eigenvalue weighted by atomic mass is 10.2. The van der Waals surface area contributed by atoms with Crippen LogP contribution in [0.4, 0.5) is 0 Å². The quantitative estimate of drug-likeness (QED) is 0.880. The van der Waals surface area contributed by atoms with E-state index in [1.54, 1.807) is 18.2 Å². The first-order valence-electron chi connectivity index (χ1n) is 5.69. The van der Waals surface area contributed by atoms with E-state index in [1.165, 1.54) is 23.7 Å². The van der Waals surface area contributed by atoms with Crippen LogP contribution in [0.15, 0.2) is 35.2 Å². The van der Waals surface area contributed by atoms with E-state index >= 15 is 0 Å². The molecule has 106 valence electrons. The van der Waals surface area contributed by atoms with Crippen molar-refractivity contribution in [2.45, 2.75) is 18.4 Å². The number of nitrogens with two attached hydrogens (primary N) is 1.